The lowest BCUT2D eigenvalue weighted by molar-refractivity contribution is 0.354. The van der Waals surface area contributed by atoms with E-state index in [4.69, 9.17) is 15.2 Å². The minimum Gasteiger partial charge on any atom is -0.493 e. The molecule has 0 unspecified atom stereocenters. The zero-order valence-corrected chi connectivity index (χ0v) is 17.9. The van der Waals surface area contributed by atoms with Crippen LogP contribution in [0.1, 0.15) is 16.7 Å². The topological polar surface area (TPSA) is 68.9 Å². The summed E-state index contributed by atoms with van der Waals surface area (Å²) in [7, 11) is 3.26. The fourth-order valence-electron chi connectivity index (χ4n) is 2.60. The van der Waals surface area contributed by atoms with E-state index in [1.54, 1.807) is 14.2 Å². The van der Waals surface area contributed by atoms with Crippen molar-refractivity contribution in [3.63, 3.8) is 0 Å². The van der Waals surface area contributed by atoms with Crippen LogP contribution in [0.2, 0.25) is 0 Å². The van der Waals surface area contributed by atoms with Crippen LogP contribution in [0.4, 0.5) is 0 Å². The van der Waals surface area contributed by atoms with Gasteiger partial charge in [0.15, 0.2) is 17.5 Å². The molecule has 0 bridgehead atoms. The maximum Gasteiger partial charge on any atom is 0.188 e. The Morgan fingerprint density at radius 1 is 1.00 bits per heavy atom. The number of rotatable bonds is 8. The third-order valence-corrected chi connectivity index (χ3v) is 3.93. The quantitative estimate of drug-likeness (QED) is 0.354. The Balaban J connectivity index is 0.00000338. The summed E-state index contributed by atoms with van der Waals surface area (Å²) < 4.78 is 10.5. The van der Waals surface area contributed by atoms with Crippen molar-refractivity contribution in [2.45, 2.75) is 19.8 Å². The first kappa shape index (κ1) is 22.1. The first-order valence-corrected chi connectivity index (χ1v) is 8.42. The van der Waals surface area contributed by atoms with Crippen LogP contribution in [-0.2, 0) is 12.8 Å². The zero-order valence-electron chi connectivity index (χ0n) is 15.6. The number of nitrogens with two attached hydrogens (primary N) is 1. The van der Waals surface area contributed by atoms with Gasteiger partial charge in [0, 0.05) is 13.1 Å². The molecule has 0 heterocycles. The number of benzene rings is 2. The van der Waals surface area contributed by atoms with Gasteiger partial charge in [-0.25, -0.2) is 0 Å². The number of nitrogens with one attached hydrogen (secondary N) is 1. The molecule has 3 N–H and O–H groups in total. The maximum atomic E-state index is 5.93. The molecule has 0 aliphatic carbocycles. The monoisotopic (exact) mass is 469 g/mol. The van der Waals surface area contributed by atoms with E-state index >= 15 is 0 Å². The van der Waals surface area contributed by atoms with Crippen LogP contribution in [0.3, 0.4) is 0 Å². The highest BCUT2D eigenvalue weighted by Crippen LogP contribution is 2.27. The van der Waals surface area contributed by atoms with E-state index in [0.29, 0.717) is 12.5 Å². The number of aryl methyl sites for hydroxylation is 1. The van der Waals surface area contributed by atoms with Gasteiger partial charge in [-0.1, -0.05) is 35.9 Å². The van der Waals surface area contributed by atoms with Gasteiger partial charge in [0.2, 0.25) is 0 Å². The van der Waals surface area contributed by atoms with Gasteiger partial charge in [-0.3, -0.25) is 4.99 Å². The fourth-order valence-corrected chi connectivity index (χ4v) is 2.60. The van der Waals surface area contributed by atoms with E-state index in [9.17, 15) is 0 Å². The molecule has 0 saturated carbocycles. The van der Waals surface area contributed by atoms with Crippen LogP contribution in [0.25, 0.3) is 0 Å². The molecule has 0 aliphatic rings. The Kier molecular flexibility index (Phi) is 9.87. The van der Waals surface area contributed by atoms with Crippen LogP contribution in [0.15, 0.2) is 47.5 Å². The van der Waals surface area contributed by atoms with Gasteiger partial charge in [-0.2, -0.15) is 0 Å². The van der Waals surface area contributed by atoms with E-state index in [0.717, 1.165) is 36.4 Å². The summed E-state index contributed by atoms with van der Waals surface area (Å²) in [6.07, 6.45) is 1.72. The van der Waals surface area contributed by atoms with Crippen molar-refractivity contribution in [2.75, 3.05) is 27.3 Å². The number of methoxy groups -OCH3 is 2. The van der Waals surface area contributed by atoms with Crippen molar-refractivity contribution >= 4 is 29.9 Å². The Morgan fingerprint density at radius 3 is 2.42 bits per heavy atom. The molecule has 0 atom stereocenters. The molecule has 0 spiro atoms. The van der Waals surface area contributed by atoms with Crippen LogP contribution < -0.4 is 20.5 Å². The molecule has 0 aromatic heterocycles. The van der Waals surface area contributed by atoms with Gasteiger partial charge in [0.1, 0.15) is 0 Å². The summed E-state index contributed by atoms with van der Waals surface area (Å²) in [4.78, 5) is 4.38. The van der Waals surface area contributed by atoms with Crippen LogP contribution in [0, 0.1) is 6.92 Å². The summed E-state index contributed by atoms with van der Waals surface area (Å²) in [5.74, 6) is 1.94. The first-order chi connectivity index (χ1) is 12.1. The fraction of sp³-hybridized carbons (Fsp3) is 0.350. The molecule has 0 fully saturated rings. The second-order valence-electron chi connectivity index (χ2n) is 5.87. The maximum absolute atomic E-state index is 5.93. The number of aliphatic imine (C=N–C) groups is 1. The molecule has 6 heteroatoms. The van der Waals surface area contributed by atoms with Crippen molar-refractivity contribution in [2.24, 2.45) is 10.7 Å². The van der Waals surface area contributed by atoms with Gasteiger partial charge < -0.3 is 20.5 Å². The summed E-state index contributed by atoms with van der Waals surface area (Å²) in [5, 5.41) is 3.16. The average molecular weight is 469 g/mol. The third-order valence-electron chi connectivity index (χ3n) is 3.93. The summed E-state index contributed by atoms with van der Waals surface area (Å²) in [6, 6.07) is 14.4. The second kappa shape index (κ2) is 11.6. The smallest absolute Gasteiger partial charge is 0.188 e. The third kappa shape index (κ3) is 7.11. The van der Waals surface area contributed by atoms with E-state index in [1.807, 2.05) is 18.2 Å². The highest BCUT2D eigenvalue weighted by atomic mass is 127. The lowest BCUT2D eigenvalue weighted by atomic mass is 10.1. The summed E-state index contributed by atoms with van der Waals surface area (Å²) in [5.41, 5.74) is 9.63. The van der Waals surface area contributed by atoms with Crippen LogP contribution in [-0.4, -0.2) is 33.3 Å². The van der Waals surface area contributed by atoms with E-state index in [2.05, 4.69) is 41.5 Å². The lowest BCUT2D eigenvalue weighted by Crippen LogP contribution is -2.33. The number of halogens is 1. The predicted octanol–water partition coefficient (Wildman–Crippen LogP) is 3.32. The standard InChI is InChI=1S/C20H27N3O2.HI/c1-15-5-4-6-16(13-15)9-11-22-20(21)23-12-10-17-7-8-18(24-2)19(14-17)25-3;/h4-8,13-14H,9-12H2,1-3H3,(H3,21,22,23);1H. The molecule has 0 aliphatic heterocycles. The Morgan fingerprint density at radius 2 is 1.73 bits per heavy atom. The molecule has 2 aromatic rings. The van der Waals surface area contributed by atoms with Crippen LogP contribution in [0.5, 0.6) is 11.5 Å². The number of hydrogen-bond donors (Lipinski definition) is 2. The number of hydrogen-bond acceptors (Lipinski definition) is 3. The Bertz CT molecular complexity index is 720. The molecule has 2 aromatic carbocycles. The van der Waals surface area contributed by atoms with E-state index < -0.39 is 0 Å². The highest BCUT2D eigenvalue weighted by molar-refractivity contribution is 14.0. The first-order valence-electron chi connectivity index (χ1n) is 8.42. The van der Waals surface area contributed by atoms with Gasteiger partial charge >= 0.3 is 0 Å². The average Bonchev–Trinajstić information content (AvgIpc) is 2.61. The number of guanidine groups is 1. The van der Waals surface area contributed by atoms with Gasteiger partial charge in [-0.15, -0.1) is 24.0 Å². The number of ether oxygens (including phenoxy) is 2. The zero-order chi connectivity index (χ0) is 18.1. The molecule has 0 radical (unpaired) electrons. The molecule has 5 nitrogen and oxygen atoms in total. The minimum atomic E-state index is 0. The van der Waals surface area contributed by atoms with Crippen molar-refractivity contribution in [1.29, 1.82) is 0 Å². The van der Waals surface area contributed by atoms with Crippen molar-refractivity contribution in [3.8, 4) is 11.5 Å². The molecule has 0 saturated heterocycles. The van der Waals surface area contributed by atoms with Gasteiger partial charge in [-0.05, 0) is 43.0 Å². The molecule has 2 rings (SSSR count). The highest BCUT2D eigenvalue weighted by Gasteiger charge is 2.04. The van der Waals surface area contributed by atoms with Crippen LogP contribution >= 0.6 is 24.0 Å². The van der Waals surface area contributed by atoms with Crippen molar-refractivity contribution in [3.05, 3.63) is 59.2 Å². The summed E-state index contributed by atoms with van der Waals surface area (Å²) >= 11 is 0. The number of nitrogens with zero attached hydrogens (tertiary/aromatic N) is 1. The second-order valence-corrected chi connectivity index (χ2v) is 5.87. The Labute approximate surface area is 173 Å². The van der Waals surface area contributed by atoms with Crippen molar-refractivity contribution < 1.29 is 9.47 Å². The molecule has 26 heavy (non-hydrogen) atoms. The molecular weight excluding hydrogens is 441 g/mol. The van der Waals surface area contributed by atoms with Gasteiger partial charge in [0.05, 0.1) is 14.2 Å². The van der Waals surface area contributed by atoms with Crippen molar-refractivity contribution in [1.82, 2.24) is 5.32 Å². The largest absolute Gasteiger partial charge is 0.493 e. The van der Waals surface area contributed by atoms with E-state index in [1.165, 1.54) is 11.1 Å². The predicted molar refractivity (Wildman–Crippen MR) is 118 cm³/mol. The minimum absolute atomic E-state index is 0. The normalized spacial score (nSPS) is 10.8. The SMILES string of the molecule is COc1ccc(CCN=C(N)NCCc2cccc(C)c2)cc1OC.I. The molecular formula is C20H28IN3O2. The molecule has 142 valence electrons. The molecule has 0 amide bonds. The lowest BCUT2D eigenvalue weighted by Gasteiger charge is -2.09. The van der Waals surface area contributed by atoms with Gasteiger partial charge in [0.25, 0.3) is 0 Å². The summed E-state index contributed by atoms with van der Waals surface area (Å²) in [6.45, 7) is 3.49. The Hall–Kier alpha value is -1.96. The van der Waals surface area contributed by atoms with E-state index in [-0.39, 0.29) is 24.0 Å².